The maximum absolute atomic E-state index is 11.6. The molecule has 1 heterocycles. The number of hydrogen-bond acceptors (Lipinski definition) is 4. The van der Waals surface area contributed by atoms with E-state index in [1.54, 1.807) is 13.2 Å². The lowest BCUT2D eigenvalue weighted by atomic mass is 9.76. The minimum atomic E-state index is -0.333. The summed E-state index contributed by atoms with van der Waals surface area (Å²) in [6.07, 6.45) is 4.99. The van der Waals surface area contributed by atoms with Gasteiger partial charge in [0.15, 0.2) is 0 Å². The van der Waals surface area contributed by atoms with Gasteiger partial charge in [-0.15, -0.1) is 0 Å². The monoisotopic (exact) mass is 434 g/mol. The number of anilines is 1. The van der Waals surface area contributed by atoms with E-state index in [2.05, 4.69) is 33.4 Å². The van der Waals surface area contributed by atoms with E-state index in [-0.39, 0.29) is 28.5 Å². The van der Waals surface area contributed by atoms with E-state index >= 15 is 0 Å². The third kappa shape index (κ3) is 2.68. The van der Waals surface area contributed by atoms with Gasteiger partial charge < -0.3 is 10.1 Å². The zero-order valence-corrected chi connectivity index (χ0v) is 16.3. The molecule has 1 aliphatic carbocycles. The molecule has 0 aromatic heterocycles. The number of nitro benzene ring substituents is 1. The van der Waals surface area contributed by atoms with Crippen molar-refractivity contribution in [3.05, 3.63) is 73.2 Å². The van der Waals surface area contributed by atoms with E-state index in [0.717, 1.165) is 22.2 Å². The fourth-order valence-corrected chi connectivity index (χ4v) is 4.67. The first-order valence-corrected chi connectivity index (χ1v) is 9.41. The van der Waals surface area contributed by atoms with E-state index in [4.69, 9.17) is 16.3 Å². The highest BCUT2D eigenvalue weighted by Crippen LogP contribution is 2.55. The molecule has 0 radical (unpaired) electrons. The Labute approximate surface area is 164 Å². The van der Waals surface area contributed by atoms with Gasteiger partial charge in [0.05, 0.1) is 34.3 Å². The number of nitro groups is 1. The third-order valence-electron chi connectivity index (χ3n) is 5.17. The minimum absolute atomic E-state index is 0.0564. The summed E-state index contributed by atoms with van der Waals surface area (Å²) in [6, 6.07) is 8.90. The Morgan fingerprint density at radius 3 is 2.88 bits per heavy atom. The van der Waals surface area contributed by atoms with Crippen LogP contribution in [0.25, 0.3) is 0 Å². The first-order chi connectivity index (χ1) is 12.5. The summed E-state index contributed by atoms with van der Waals surface area (Å²) in [5.74, 6) is 0.878. The third-order valence-corrected chi connectivity index (χ3v) is 5.98. The largest absolute Gasteiger partial charge is 0.496 e. The summed E-state index contributed by atoms with van der Waals surface area (Å²) in [5, 5.41) is 15.5. The fraction of sp³-hybridized carbons (Fsp3) is 0.263. The minimum Gasteiger partial charge on any atom is -0.496 e. The molecular weight excluding hydrogens is 420 g/mol. The highest BCUT2D eigenvalue weighted by molar-refractivity contribution is 9.10. The molecule has 0 fully saturated rings. The van der Waals surface area contributed by atoms with Crippen molar-refractivity contribution in [2.45, 2.75) is 18.4 Å². The molecule has 1 aliphatic heterocycles. The summed E-state index contributed by atoms with van der Waals surface area (Å²) in [6.45, 7) is 0. The zero-order chi connectivity index (χ0) is 18.4. The standard InChI is InChI=1S/C19H16BrClN2O3/c1-26-16-8-5-10(20)9-13(16)18-12-4-2-3-11(12)17-15(23(24)25)7-6-14(21)19(17)22-18/h2-3,5-9,11-12,18,22H,4H2,1H3/t11-,12+,18-/m1/s1. The van der Waals surface area contributed by atoms with Crippen LogP contribution in [0, 0.1) is 16.0 Å². The number of nitrogens with zero attached hydrogens (tertiary/aromatic N) is 1. The van der Waals surface area contributed by atoms with Crippen LogP contribution in [0.2, 0.25) is 5.02 Å². The number of methoxy groups -OCH3 is 1. The first kappa shape index (κ1) is 17.4. The molecule has 0 saturated heterocycles. The Bertz CT molecular complexity index is 931. The number of benzene rings is 2. The summed E-state index contributed by atoms with van der Waals surface area (Å²) < 4.78 is 6.51. The van der Waals surface area contributed by atoms with Crippen LogP contribution in [0.3, 0.4) is 0 Å². The van der Waals surface area contributed by atoms with Crippen molar-refractivity contribution >= 4 is 38.9 Å². The van der Waals surface area contributed by atoms with Crippen molar-refractivity contribution in [3.8, 4) is 5.75 Å². The predicted molar refractivity (Wildman–Crippen MR) is 105 cm³/mol. The van der Waals surface area contributed by atoms with Crippen LogP contribution < -0.4 is 10.1 Å². The topological polar surface area (TPSA) is 64.4 Å². The number of nitrogens with one attached hydrogen (secondary N) is 1. The van der Waals surface area contributed by atoms with Crippen molar-refractivity contribution in [1.29, 1.82) is 0 Å². The van der Waals surface area contributed by atoms with E-state index < -0.39 is 0 Å². The van der Waals surface area contributed by atoms with Crippen LogP contribution in [0.1, 0.15) is 29.5 Å². The second kappa shape index (κ2) is 6.59. The number of ether oxygens (including phenoxy) is 1. The Morgan fingerprint density at radius 2 is 2.15 bits per heavy atom. The SMILES string of the molecule is COc1ccc(Br)cc1[C@@H]1Nc2c(Cl)ccc([N+](=O)[O-])c2[C@@H]2C=CC[C@@H]21. The lowest BCUT2D eigenvalue weighted by molar-refractivity contribution is -0.385. The summed E-state index contributed by atoms with van der Waals surface area (Å²) >= 11 is 9.94. The van der Waals surface area contributed by atoms with E-state index in [1.165, 1.54) is 6.07 Å². The van der Waals surface area contributed by atoms with Gasteiger partial charge >= 0.3 is 0 Å². The summed E-state index contributed by atoms with van der Waals surface area (Å²) in [5.41, 5.74) is 2.43. The molecule has 1 N–H and O–H groups in total. The zero-order valence-electron chi connectivity index (χ0n) is 13.9. The molecule has 2 aliphatic rings. The molecule has 0 amide bonds. The lowest BCUT2D eigenvalue weighted by Crippen LogP contribution is -2.30. The summed E-state index contributed by atoms with van der Waals surface area (Å²) in [4.78, 5) is 11.2. The second-order valence-corrected chi connectivity index (χ2v) is 7.80. The van der Waals surface area contributed by atoms with Gasteiger partial charge in [0.1, 0.15) is 5.75 Å². The molecule has 2 aromatic rings. The average Bonchev–Trinajstić information content (AvgIpc) is 3.11. The van der Waals surface area contributed by atoms with Gasteiger partial charge in [-0.1, -0.05) is 39.7 Å². The molecule has 5 nitrogen and oxygen atoms in total. The van der Waals surface area contributed by atoms with Crippen molar-refractivity contribution in [2.75, 3.05) is 12.4 Å². The number of halogens is 2. The average molecular weight is 436 g/mol. The van der Waals surface area contributed by atoms with Gasteiger partial charge in [-0.05, 0) is 36.6 Å². The van der Waals surface area contributed by atoms with Crippen molar-refractivity contribution < 1.29 is 9.66 Å². The summed E-state index contributed by atoms with van der Waals surface area (Å²) in [7, 11) is 1.64. The van der Waals surface area contributed by atoms with Crippen molar-refractivity contribution in [3.63, 3.8) is 0 Å². The lowest BCUT2D eigenvalue weighted by Gasteiger charge is -2.38. The Morgan fingerprint density at radius 1 is 1.35 bits per heavy atom. The fourth-order valence-electron chi connectivity index (χ4n) is 4.07. The molecule has 7 heteroatoms. The number of fused-ring (bicyclic) bond motifs is 3. The molecule has 3 atom stereocenters. The van der Waals surface area contributed by atoms with E-state index in [0.29, 0.717) is 16.3 Å². The van der Waals surface area contributed by atoms with Gasteiger partial charge in [0.2, 0.25) is 0 Å². The second-order valence-electron chi connectivity index (χ2n) is 6.47. The smallest absolute Gasteiger partial charge is 0.275 e. The van der Waals surface area contributed by atoms with Crippen molar-refractivity contribution in [2.24, 2.45) is 5.92 Å². The Balaban J connectivity index is 1.90. The molecule has 0 bridgehead atoms. The van der Waals surface area contributed by atoms with Crippen LogP contribution in [0.15, 0.2) is 47.0 Å². The van der Waals surface area contributed by atoms with Gasteiger partial charge in [0.25, 0.3) is 5.69 Å². The molecular formula is C19H16BrClN2O3. The molecule has 4 rings (SSSR count). The highest BCUT2D eigenvalue weighted by Gasteiger charge is 2.43. The Hall–Kier alpha value is -2.05. The van der Waals surface area contributed by atoms with Crippen LogP contribution in [-0.2, 0) is 0 Å². The van der Waals surface area contributed by atoms with Crippen molar-refractivity contribution in [1.82, 2.24) is 0 Å². The highest BCUT2D eigenvalue weighted by atomic mass is 79.9. The molecule has 2 aromatic carbocycles. The predicted octanol–water partition coefficient (Wildman–Crippen LogP) is 5.85. The van der Waals surface area contributed by atoms with Gasteiger partial charge in [-0.2, -0.15) is 0 Å². The first-order valence-electron chi connectivity index (χ1n) is 8.24. The van der Waals surface area contributed by atoms with Crippen LogP contribution >= 0.6 is 27.5 Å². The molecule has 0 unspecified atom stereocenters. The maximum atomic E-state index is 11.6. The number of hydrogen-bond donors (Lipinski definition) is 1. The number of rotatable bonds is 3. The number of allylic oxidation sites excluding steroid dienone is 2. The molecule has 26 heavy (non-hydrogen) atoms. The Kier molecular flexibility index (Phi) is 4.40. The van der Waals surface area contributed by atoms with Crippen LogP contribution in [0.4, 0.5) is 11.4 Å². The van der Waals surface area contributed by atoms with Gasteiger partial charge in [0, 0.05) is 22.0 Å². The molecule has 0 saturated carbocycles. The van der Waals surface area contributed by atoms with Gasteiger partial charge in [-0.3, -0.25) is 10.1 Å². The normalized spacial score (nSPS) is 23.1. The molecule has 0 spiro atoms. The van der Waals surface area contributed by atoms with E-state index in [1.807, 2.05) is 18.2 Å². The van der Waals surface area contributed by atoms with Crippen LogP contribution in [-0.4, -0.2) is 12.0 Å². The van der Waals surface area contributed by atoms with E-state index in [9.17, 15) is 10.1 Å². The van der Waals surface area contributed by atoms with Gasteiger partial charge in [-0.25, -0.2) is 0 Å². The maximum Gasteiger partial charge on any atom is 0.275 e. The van der Waals surface area contributed by atoms with Crippen LogP contribution in [0.5, 0.6) is 5.75 Å². The molecule has 134 valence electrons. The quantitative estimate of drug-likeness (QED) is 0.373.